The van der Waals surface area contributed by atoms with Gasteiger partial charge in [0.2, 0.25) is 5.82 Å². The van der Waals surface area contributed by atoms with Gasteiger partial charge in [-0.25, -0.2) is 9.67 Å². The molecule has 3 rings (SSSR count). The van der Waals surface area contributed by atoms with Crippen molar-refractivity contribution in [1.82, 2.24) is 25.0 Å². The number of aryl methyl sites for hydroxylation is 1. The van der Waals surface area contributed by atoms with Gasteiger partial charge in [0.15, 0.2) is 0 Å². The van der Waals surface area contributed by atoms with Crippen molar-refractivity contribution in [3.63, 3.8) is 0 Å². The molecule has 134 valence electrons. The molecule has 25 heavy (non-hydrogen) atoms. The predicted octanol–water partition coefficient (Wildman–Crippen LogP) is 2.55. The Morgan fingerprint density at radius 1 is 1.40 bits per heavy atom. The van der Waals surface area contributed by atoms with E-state index >= 15 is 0 Å². The molecule has 2 heterocycles. The lowest BCUT2D eigenvalue weighted by Gasteiger charge is -2.14. The van der Waals surface area contributed by atoms with Crippen LogP contribution < -0.4 is 5.32 Å². The van der Waals surface area contributed by atoms with E-state index in [0.717, 1.165) is 50.4 Å². The van der Waals surface area contributed by atoms with Crippen molar-refractivity contribution in [3.05, 3.63) is 40.9 Å². The van der Waals surface area contributed by atoms with Crippen molar-refractivity contribution in [3.8, 4) is 5.69 Å². The second-order valence-corrected chi connectivity index (χ2v) is 6.84. The van der Waals surface area contributed by atoms with E-state index in [4.69, 9.17) is 11.6 Å². The zero-order chi connectivity index (χ0) is 17.8. The SMILES string of the molecule is CCCc1nc(C(=O)N2CCC(CNC)C2)nn1-c1ccccc1Cl. The van der Waals surface area contributed by atoms with Crippen molar-refractivity contribution in [1.29, 1.82) is 0 Å². The fourth-order valence-electron chi connectivity index (χ4n) is 3.25. The maximum atomic E-state index is 12.8. The smallest absolute Gasteiger partial charge is 0.293 e. The van der Waals surface area contributed by atoms with Gasteiger partial charge >= 0.3 is 0 Å². The van der Waals surface area contributed by atoms with Gasteiger partial charge in [0.25, 0.3) is 5.91 Å². The van der Waals surface area contributed by atoms with Gasteiger partial charge < -0.3 is 10.2 Å². The Morgan fingerprint density at radius 2 is 2.20 bits per heavy atom. The lowest BCUT2D eigenvalue weighted by atomic mass is 10.1. The van der Waals surface area contributed by atoms with Crippen molar-refractivity contribution < 1.29 is 4.79 Å². The molecule has 0 spiro atoms. The van der Waals surface area contributed by atoms with E-state index in [1.807, 2.05) is 36.2 Å². The molecule has 1 aromatic heterocycles. The Labute approximate surface area is 153 Å². The van der Waals surface area contributed by atoms with Crippen LogP contribution in [-0.2, 0) is 6.42 Å². The van der Waals surface area contributed by atoms with Crippen LogP contribution in [0.4, 0.5) is 0 Å². The lowest BCUT2D eigenvalue weighted by Crippen LogP contribution is -2.31. The fraction of sp³-hybridized carbons (Fsp3) is 0.500. The highest BCUT2D eigenvalue weighted by molar-refractivity contribution is 6.32. The molecule has 6 nitrogen and oxygen atoms in total. The molecule has 0 radical (unpaired) electrons. The third-order valence-electron chi connectivity index (χ3n) is 4.49. The van der Waals surface area contributed by atoms with Gasteiger partial charge in [-0.1, -0.05) is 30.7 Å². The predicted molar refractivity (Wildman–Crippen MR) is 98.3 cm³/mol. The van der Waals surface area contributed by atoms with Crippen LogP contribution in [0.2, 0.25) is 5.02 Å². The summed E-state index contributed by atoms with van der Waals surface area (Å²) in [7, 11) is 1.94. The fourth-order valence-corrected chi connectivity index (χ4v) is 3.47. The Bertz CT molecular complexity index is 745. The van der Waals surface area contributed by atoms with Crippen molar-refractivity contribution in [2.24, 2.45) is 5.92 Å². The molecule has 1 amide bonds. The van der Waals surface area contributed by atoms with Crippen LogP contribution >= 0.6 is 11.6 Å². The normalized spacial score (nSPS) is 17.2. The summed E-state index contributed by atoms with van der Waals surface area (Å²) < 4.78 is 1.71. The number of benzene rings is 1. The van der Waals surface area contributed by atoms with E-state index in [1.54, 1.807) is 4.68 Å². The zero-order valence-electron chi connectivity index (χ0n) is 14.7. The molecule has 2 aromatic rings. The highest BCUT2D eigenvalue weighted by atomic mass is 35.5. The van der Waals surface area contributed by atoms with Gasteiger partial charge in [0.1, 0.15) is 5.82 Å². The van der Waals surface area contributed by atoms with Crippen LogP contribution in [0.5, 0.6) is 0 Å². The Hall–Kier alpha value is -1.92. The molecule has 0 bridgehead atoms. The molecular weight excluding hydrogens is 338 g/mol. The Kier molecular flexibility index (Phi) is 5.71. The van der Waals surface area contributed by atoms with E-state index in [2.05, 4.69) is 22.3 Å². The molecule has 1 aliphatic rings. The number of carbonyl (C=O) groups excluding carboxylic acids is 1. The van der Waals surface area contributed by atoms with Crippen molar-refractivity contribution in [2.45, 2.75) is 26.2 Å². The van der Waals surface area contributed by atoms with Crippen LogP contribution in [0.25, 0.3) is 5.69 Å². The molecule has 1 unspecified atom stereocenters. The number of aromatic nitrogens is 3. The first-order chi connectivity index (χ1) is 12.1. The number of carbonyl (C=O) groups is 1. The summed E-state index contributed by atoms with van der Waals surface area (Å²) in [4.78, 5) is 19.2. The average Bonchev–Trinajstić information content (AvgIpc) is 3.23. The second kappa shape index (κ2) is 7.97. The molecule has 1 N–H and O–H groups in total. The Morgan fingerprint density at radius 3 is 2.92 bits per heavy atom. The highest BCUT2D eigenvalue weighted by Crippen LogP contribution is 2.22. The van der Waals surface area contributed by atoms with Gasteiger partial charge in [0, 0.05) is 19.5 Å². The van der Waals surface area contributed by atoms with E-state index in [-0.39, 0.29) is 11.7 Å². The first kappa shape index (κ1) is 17.9. The molecule has 1 aromatic carbocycles. The number of hydrogen-bond donors (Lipinski definition) is 1. The molecule has 1 aliphatic heterocycles. The number of nitrogens with one attached hydrogen (secondary N) is 1. The monoisotopic (exact) mass is 361 g/mol. The van der Waals surface area contributed by atoms with Gasteiger partial charge in [-0.2, -0.15) is 0 Å². The number of likely N-dealkylation sites (tertiary alicyclic amines) is 1. The molecular formula is C18H24ClN5O. The maximum Gasteiger partial charge on any atom is 0.293 e. The minimum absolute atomic E-state index is 0.0956. The molecule has 0 saturated carbocycles. The number of amides is 1. The first-order valence-corrected chi connectivity index (χ1v) is 9.16. The standard InChI is InChI=1S/C18H24ClN5O/c1-3-6-16-21-17(18(25)23-10-9-13(12-23)11-20-2)22-24(16)15-8-5-4-7-14(15)19/h4-5,7-8,13,20H,3,6,9-12H2,1-2H3. The molecule has 1 atom stereocenters. The minimum atomic E-state index is -0.0956. The number of halogens is 1. The summed E-state index contributed by atoms with van der Waals surface area (Å²) in [5.41, 5.74) is 0.758. The number of rotatable bonds is 6. The van der Waals surface area contributed by atoms with E-state index < -0.39 is 0 Å². The molecule has 1 fully saturated rings. The van der Waals surface area contributed by atoms with E-state index in [1.165, 1.54) is 0 Å². The van der Waals surface area contributed by atoms with E-state index in [0.29, 0.717) is 10.9 Å². The molecule has 0 aliphatic carbocycles. The van der Waals surface area contributed by atoms with E-state index in [9.17, 15) is 4.79 Å². The van der Waals surface area contributed by atoms with Crippen LogP contribution in [-0.4, -0.2) is 52.3 Å². The zero-order valence-corrected chi connectivity index (χ0v) is 15.5. The molecule has 7 heteroatoms. The third kappa shape index (κ3) is 3.85. The van der Waals surface area contributed by atoms with Gasteiger partial charge in [-0.15, -0.1) is 5.10 Å². The minimum Gasteiger partial charge on any atom is -0.336 e. The molecule has 1 saturated heterocycles. The van der Waals surface area contributed by atoms with Gasteiger partial charge in [0.05, 0.1) is 10.7 Å². The van der Waals surface area contributed by atoms with Crippen molar-refractivity contribution >= 4 is 17.5 Å². The van der Waals surface area contributed by atoms with Gasteiger partial charge in [-0.3, -0.25) is 4.79 Å². The third-order valence-corrected chi connectivity index (χ3v) is 4.81. The lowest BCUT2D eigenvalue weighted by molar-refractivity contribution is 0.0775. The number of para-hydroxylation sites is 1. The quantitative estimate of drug-likeness (QED) is 0.858. The van der Waals surface area contributed by atoms with Crippen LogP contribution in [0.3, 0.4) is 0 Å². The van der Waals surface area contributed by atoms with Crippen LogP contribution in [0, 0.1) is 5.92 Å². The number of hydrogen-bond acceptors (Lipinski definition) is 4. The average molecular weight is 362 g/mol. The summed E-state index contributed by atoms with van der Waals surface area (Å²) in [5.74, 6) is 1.43. The van der Waals surface area contributed by atoms with Crippen LogP contribution in [0.15, 0.2) is 24.3 Å². The van der Waals surface area contributed by atoms with Crippen molar-refractivity contribution in [2.75, 3.05) is 26.7 Å². The van der Waals surface area contributed by atoms with Gasteiger partial charge in [-0.05, 0) is 44.5 Å². The second-order valence-electron chi connectivity index (χ2n) is 6.43. The first-order valence-electron chi connectivity index (χ1n) is 8.78. The summed E-state index contributed by atoms with van der Waals surface area (Å²) in [6.07, 6.45) is 2.68. The summed E-state index contributed by atoms with van der Waals surface area (Å²) in [6, 6.07) is 7.49. The highest BCUT2D eigenvalue weighted by Gasteiger charge is 2.29. The summed E-state index contributed by atoms with van der Waals surface area (Å²) in [6.45, 7) is 4.51. The maximum absolute atomic E-state index is 12.8. The summed E-state index contributed by atoms with van der Waals surface area (Å²) in [5, 5.41) is 8.26. The largest absolute Gasteiger partial charge is 0.336 e. The topological polar surface area (TPSA) is 63.1 Å². The number of nitrogens with zero attached hydrogens (tertiary/aromatic N) is 4. The Balaban J connectivity index is 1.87. The van der Waals surface area contributed by atoms with Crippen LogP contribution in [0.1, 0.15) is 36.2 Å². The summed E-state index contributed by atoms with van der Waals surface area (Å²) >= 11 is 6.31.